The van der Waals surface area contributed by atoms with Gasteiger partial charge in [-0.1, -0.05) is 13.0 Å². The van der Waals surface area contributed by atoms with Crippen molar-refractivity contribution >= 4 is 21.4 Å². The third kappa shape index (κ3) is 3.16. The maximum absolute atomic E-state index is 12.4. The number of para-hydroxylation sites is 1. The minimum atomic E-state index is -3.90. The molecule has 0 heterocycles. The van der Waals surface area contributed by atoms with Crippen LogP contribution in [0.5, 0.6) is 0 Å². The summed E-state index contributed by atoms with van der Waals surface area (Å²) in [6, 6.07) is 4.22. The highest BCUT2D eigenvalue weighted by atomic mass is 32.2. The molecule has 1 aliphatic carbocycles. The van der Waals surface area contributed by atoms with Crippen molar-refractivity contribution in [2.45, 2.75) is 31.1 Å². The van der Waals surface area contributed by atoms with Crippen molar-refractivity contribution in [2.75, 3.05) is 18.9 Å². The number of hydrogen-bond donors (Lipinski definition) is 2. The largest absolute Gasteiger partial charge is 0.383 e. The second kappa shape index (κ2) is 5.61. The zero-order valence-corrected chi connectivity index (χ0v) is 12.9. The first-order valence-corrected chi connectivity index (χ1v) is 8.28. The zero-order chi connectivity index (χ0) is 15.7. The monoisotopic (exact) mass is 313 g/mol. The van der Waals surface area contributed by atoms with Gasteiger partial charge in [0.1, 0.15) is 5.69 Å². The van der Waals surface area contributed by atoms with Crippen LogP contribution in [-0.4, -0.2) is 26.9 Å². The average Bonchev–Trinajstić information content (AvgIpc) is 3.25. The molecule has 1 fully saturated rings. The van der Waals surface area contributed by atoms with Crippen LogP contribution in [0.25, 0.3) is 0 Å². The van der Waals surface area contributed by atoms with Gasteiger partial charge in [0.2, 0.25) is 10.0 Å². The van der Waals surface area contributed by atoms with E-state index < -0.39 is 20.6 Å². The number of nitro groups is 1. The molecular formula is C13H19N3O4S. The van der Waals surface area contributed by atoms with E-state index in [0.29, 0.717) is 6.54 Å². The number of benzene rings is 1. The molecule has 0 atom stereocenters. The lowest BCUT2D eigenvalue weighted by molar-refractivity contribution is -0.386. The van der Waals surface area contributed by atoms with Crippen LogP contribution in [0, 0.1) is 15.5 Å². The molecule has 116 valence electrons. The van der Waals surface area contributed by atoms with Gasteiger partial charge < -0.3 is 5.32 Å². The smallest absolute Gasteiger partial charge is 0.312 e. The molecule has 1 aliphatic rings. The van der Waals surface area contributed by atoms with Crippen LogP contribution in [-0.2, 0) is 10.0 Å². The van der Waals surface area contributed by atoms with Crippen LogP contribution in [0.2, 0.25) is 0 Å². The van der Waals surface area contributed by atoms with Gasteiger partial charge in [-0.05, 0) is 36.8 Å². The fraction of sp³-hybridized carbons (Fsp3) is 0.538. The molecule has 1 saturated carbocycles. The molecule has 2 N–H and O–H groups in total. The second-order valence-electron chi connectivity index (χ2n) is 5.34. The summed E-state index contributed by atoms with van der Waals surface area (Å²) in [5.74, 6) is 0. The Labute approximate surface area is 123 Å². The molecule has 2 rings (SSSR count). The molecule has 7 nitrogen and oxygen atoms in total. The number of hydrogen-bond acceptors (Lipinski definition) is 5. The van der Waals surface area contributed by atoms with Crippen molar-refractivity contribution in [1.29, 1.82) is 0 Å². The van der Waals surface area contributed by atoms with Crippen molar-refractivity contribution in [3.8, 4) is 0 Å². The molecule has 8 heteroatoms. The van der Waals surface area contributed by atoms with Gasteiger partial charge in [0.25, 0.3) is 0 Å². The fourth-order valence-corrected chi connectivity index (χ4v) is 3.64. The van der Waals surface area contributed by atoms with E-state index in [4.69, 9.17) is 0 Å². The third-order valence-electron chi connectivity index (χ3n) is 4.08. The van der Waals surface area contributed by atoms with Crippen molar-refractivity contribution in [2.24, 2.45) is 5.41 Å². The Morgan fingerprint density at radius 2 is 2.05 bits per heavy atom. The van der Waals surface area contributed by atoms with Gasteiger partial charge >= 0.3 is 5.69 Å². The predicted molar refractivity (Wildman–Crippen MR) is 79.8 cm³/mol. The van der Waals surface area contributed by atoms with Crippen LogP contribution in [0.3, 0.4) is 0 Å². The van der Waals surface area contributed by atoms with Crippen molar-refractivity contribution < 1.29 is 13.3 Å². The second-order valence-corrected chi connectivity index (χ2v) is 7.07. The van der Waals surface area contributed by atoms with E-state index in [9.17, 15) is 18.5 Å². The third-order valence-corrected chi connectivity index (χ3v) is 5.52. The molecular weight excluding hydrogens is 294 g/mol. The average molecular weight is 313 g/mol. The number of nitro benzene ring substituents is 1. The van der Waals surface area contributed by atoms with Gasteiger partial charge in [0, 0.05) is 13.6 Å². The summed E-state index contributed by atoms with van der Waals surface area (Å²) in [6.07, 6.45) is 2.88. The van der Waals surface area contributed by atoms with Crippen molar-refractivity contribution in [3.63, 3.8) is 0 Å². The lowest BCUT2D eigenvalue weighted by Gasteiger charge is -2.14. The normalized spacial score (nSPS) is 16.5. The summed E-state index contributed by atoms with van der Waals surface area (Å²) in [4.78, 5) is 10.2. The quantitative estimate of drug-likeness (QED) is 0.593. The molecule has 0 aromatic heterocycles. The first kappa shape index (κ1) is 15.7. The topological polar surface area (TPSA) is 101 Å². The molecule has 0 spiro atoms. The van der Waals surface area contributed by atoms with E-state index in [-0.39, 0.29) is 16.0 Å². The predicted octanol–water partition coefficient (Wildman–Crippen LogP) is 2.10. The summed E-state index contributed by atoms with van der Waals surface area (Å²) >= 11 is 0. The maximum Gasteiger partial charge on any atom is 0.312 e. The molecule has 21 heavy (non-hydrogen) atoms. The minimum Gasteiger partial charge on any atom is -0.383 e. The Morgan fingerprint density at radius 1 is 1.38 bits per heavy atom. The number of nitrogens with one attached hydrogen (secondary N) is 2. The van der Waals surface area contributed by atoms with Crippen molar-refractivity contribution in [1.82, 2.24) is 4.72 Å². The Morgan fingerprint density at radius 3 is 2.52 bits per heavy atom. The van der Waals surface area contributed by atoms with Gasteiger partial charge in [-0.2, -0.15) is 0 Å². The number of anilines is 1. The van der Waals surface area contributed by atoms with Crippen molar-refractivity contribution in [3.05, 3.63) is 28.3 Å². The number of nitrogens with zero attached hydrogens (tertiary/aromatic N) is 1. The molecule has 0 unspecified atom stereocenters. The summed E-state index contributed by atoms with van der Waals surface area (Å²) in [7, 11) is -2.39. The van der Waals surface area contributed by atoms with Crippen LogP contribution in [0.4, 0.5) is 11.4 Å². The molecule has 0 bridgehead atoms. The Bertz CT molecular complexity index is 653. The van der Waals surface area contributed by atoms with Gasteiger partial charge in [0.05, 0.1) is 4.92 Å². The SMILES string of the molecule is CCC1(CNS(=O)(=O)c2cccc(NC)c2[N+](=O)[O-])CC1. The highest BCUT2D eigenvalue weighted by molar-refractivity contribution is 7.89. The lowest BCUT2D eigenvalue weighted by atomic mass is 10.1. The van der Waals surface area contributed by atoms with Crippen LogP contribution in [0.15, 0.2) is 23.1 Å². The minimum absolute atomic E-state index is 0.0302. The molecule has 0 radical (unpaired) electrons. The van der Waals surface area contributed by atoms with E-state index in [1.54, 1.807) is 0 Å². The van der Waals surface area contributed by atoms with Crippen LogP contribution in [0.1, 0.15) is 26.2 Å². The van der Waals surface area contributed by atoms with Gasteiger partial charge in [-0.3, -0.25) is 10.1 Å². The zero-order valence-electron chi connectivity index (χ0n) is 12.0. The molecule has 1 aromatic carbocycles. The standard InChI is InChI=1S/C13H19N3O4S/c1-3-13(7-8-13)9-15-21(19,20)11-6-4-5-10(14-2)12(11)16(17)18/h4-6,14-15H,3,7-9H2,1-2H3. The van der Waals surface area contributed by atoms with Gasteiger partial charge in [-0.25, -0.2) is 13.1 Å². The molecule has 0 saturated heterocycles. The Balaban J connectivity index is 2.33. The van der Waals surface area contributed by atoms with E-state index in [2.05, 4.69) is 10.0 Å². The lowest BCUT2D eigenvalue weighted by Crippen LogP contribution is -2.30. The van der Waals surface area contributed by atoms with E-state index in [1.165, 1.54) is 25.2 Å². The highest BCUT2D eigenvalue weighted by Crippen LogP contribution is 2.48. The summed E-state index contributed by atoms with van der Waals surface area (Å²) in [6.45, 7) is 2.35. The summed E-state index contributed by atoms with van der Waals surface area (Å²) in [5, 5.41) is 13.8. The van der Waals surface area contributed by atoms with Gasteiger partial charge in [0.15, 0.2) is 4.90 Å². The number of rotatable bonds is 7. The van der Waals surface area contributed by atoms with Crippen LogP contribution < -0.4 is 10.0 Å². The van der Waals surface area contributed by atoms with Gasteiger partial charge in [-0.15, -0.1) is 0 Å². The maximum atomic E-state index is 12.4. The van der Waals surface area contributed by atoms with Crippen LogP contribution >= 0.6 is 0 Å². The molecule has 0 aliphatic heterocycles. The first-order chi connectivity index (χ1) is 9.85. The summed E-state index contributed by atoms with van der Waals surface area (Å²) in [5.41, 5.74) is -0.212. The highest BCUT2D eigenvalue weighted by Gasteiger charge is 2.42. The number of sulfonamides is 1. The Hall–Kier alpha value is -1.67. The molecule has 1 aromatic rings. The summed E-state index contributed by atoms with van der Waals surface area (Å²) < 4.78 is 27.3. The molecule has 0 amide bonds. The Kier molecular flexibility index (Phi) is 4.20. The van der Waals surface area contributed by atoms with E-state index in [1.807, 2.05) is 6.92 Å². The van der Waals surface area contributed by atoms with E-state index in [0.717, 1.165) is 19.3 Å². The fourth-order valence-electron chi connectivity index (χ4n) is 2.29. The van der Waals surface area contributed by atoms with E-state index >= 15 is 0 Å². The first-order valence-electron chi connectivity index (χ1n) is 6.80.